The van der Waals surface area contributed by atoms with E-state index in [0.717, 1.165) is 43.4 Å². The zero-order valence-corrected chi connectivity index (χ0v) is 22.5. The molecule has 0 radical (unpaired) electrons. The van der Waals surface area contributed by atoms with Gasteiger partial charge in [-0.25, -0.2) is 0 Å². The molecule has 0 spiro atoms. The van der Waals surface area contributed by atoms with Crippen LogP contribution >= 0.6 is 0 Å². The minimum absolute atomic E-state index is 0.0319. The second-order valence-electron chi connectivity index (χ2n) is 11.8. The van der Waals surface area contributed by atoms with Crippen LogP contribution in [0.3, 0.4) is 0 Å². The first-order valence-electron chi connectivity index (χ1n) is 13.4. The first-order chi connectivity index (χ1) is 16.1. The first kappa shape index (κ1) is 26.7. The van der Waals surface area contributed by atoms with E-state index in [2.05, 4.69) is 76.7 Å². The predicted molar refractivity (Wildman–Crippen MR) is 145 cm³/mol. The summed E-state index contributed by atoms with van der Waals surface area (Å²) in [6, 6.07) is 0. The smallest absolute Gasteiger partial charge is 0.114 e. The molecule has 3 rings (SSSR count). The molecule has 3 aliphatic carbocycles. The lowest BCUT2D eigenvalue weighted by Crippen LogP contribution is -2.32. The van der Waals surface area contributed by atoms with Gasteiger partial charge >= 0.3 is 0 Å². The van der Waals surface area contributed by atoms with Crippen LogP contribution in [-0.2, 0) is 4.84 Å². The summed E-state index contributed by atoms with van der Waals surface area (Å²) < 4.78 is 0. The molecule has 3 nitrogen and oxygen atoms in total. The highest BCUT2D eigenvalue weighted by atomic mass is 16.6. The SMILES string of the molecule is C=C1/C(=C\C=C2/CCCC3(C)C(C(C)C/C=C/C(=N\OCC)C(C)(C)C)=CCC23)CCCC1O. The van der Waals surface area contributed by atoms with Crippen LogP contribution in [0.2, 0.25) is 0 Å². The maximum absolute atomic E-state index is 10.2. The fourth-order valence-electron chi connectivity index (χ4n) is 6.11. The van der Waals surface area contributed by atoms with E-state index in [-0.39, 0.29) is 16.9 Å². The largest absolute Gasteiger partial charge is 0.396 e. The van der Waals surface area contributed by atoms with Gasteiger partial charge in [0.1, 0.15) is 6.61 Å². The van der Waals surface area contributed by atoms with Crippen molar-refractivity contribution in [1.29, 1.82) is 0 Å². The number of oxime groups is 1. The van der Waals surface area contributed by atoms with E-state index >= 15 is 0 Å². The van der Waals surface area contributed by atoms with E-state index in [1.54, 1.807) is 11.1 Å². The number of rotatable bonds is 7. The minimum atomic E-state index is -0.360. The molecule has 3 aliphatic rings. The lowest BCUT2D eigenvalue weighted by Gasteiger charge is -2.42. The molecule has 0 aliphatic heterocycles. The fourth-order valence-corrected chi connectivity index (χ4v) is 6.11. The Hall–Kier alpha value is -1.87. The molecule has 0 amide bonds. The molecule has 2 fully saturated rings. The Morgan fingerprint density at radius 1 is 1.29 bits per heavy atom. The van der Waals surface area contributed by atoms with Crippen molar-refractivity contribution in [3.63, 3.8) is 0 Å². The van der Waals surface area contributed by atoms with Crippen molar-refractivity contribution in [2.45, 2.75) is 99.0 Å². The van der Waals surface area contributed by atoms with Gasteiger partial charge in [-0.1, -0.05) is 81.8 Å². The monoisotopic (exact) mass is 465 g/mol. The highest BCUT2D eigenvalue weighted by molar-refractivity contribution is 5.98. The molecule has 0 aromatic rings. The molecular formula is C31H47NO2. The number of hydrogen-bond donors (Lipinski definition) is 1. The van der Waals surface area contributed by atoms with E-state index in [9.17, 15) is 5.11 Å². The van der Waals surface area contributed by atoms with E-state index in [0.29, 0.717) is 18.4 Å². The van der Waals surface area contributed by atoms with Crippen molar-refractivity contribution in [1.82, 2.24) is 0 Å². The molecule has 34 heavy (non-hydrogen) atoms. The van der Waals surface area contributed by atoms with Crippen molar-refractivity contribution in [2.24, 2.45) is 27.8 Å². The van der Waals surface area contributed by atoms with Gasteiger partial charge < -0.3 is 9.94 Å². The lowest BCUT2D eigenvalue weighted by molar-refractivity contribution is 0.156. The third kappa shape index (κ3) is 6.03. The average molecular weight is 466 g/mol. The summed E-state index contributed by atoms with van der Waals surface area (Å²) in [5, 5.41) is 14.5. The number of aliphatic hydroxyl groups excluding tert-OH is 1. The standard InChI is InChI=1S/C31H47NO2/c1-8-34-32-29(30(4,5)6)16-9-12-22(2)26-19-20-27-25(14-11-21-31(26,27)7)18-17-24-13-10-15-28(33)23(24)3/h9,16-19,22,27-28,33H,3,8,10-15,20-21H2,1-2,4-7H3/b16-9+,24-17-,25-18+,32-29+. The highest BCUT2D eigenvalue weighted by Crippen LogP contribution is 2.57. The van der Waals surface area contributed by atoms with Crippen LogP contribution in [0, 0.1) is 22.7 Å². The molecule has 0 aromatic heterocycles. The van der Waals surface area contributed by atoms with Gasteiger partial charge in [0, 0.05) is 5.41 Å². The van der Waals surface area contributed by atoms with Gasteiger partial charge in [0.2, 0.25) is 0 Å². The Balaban J connectivity index is 1.71. The second kappa shape index (κ2) is 11.2. The normalized spacial score (nSPS) is 31.8. The van der Waals surface area contributed by atoms with E-state index in [1.165, 1.54) is 24.8 Å². The lowest BCUT2D eigenvalue weighted by atomic mass is 9.62. The summed E-state index contributed by atoms with van der Waals surface area (Å²) in [4.78, 5) is 5.35. The van der Waals surface area contributed by atoms with Crippen molar-refractivity contribution < 1.29 is 9.94 Å². The molecule has 0 bridgehead atoms. The first-order valence-corrected chi connectivity index (χ1v) is 13.4. The highest BCUT2D eigenvalue weighted by Gasteiger charge is 2.45. The van der Waals surface area contributed by atoms with Crippen molar-refractivity contribution >= 4 is 5.71 Å². The Bertz CT molecular complexity index is 895. The number of fused-ring (bicyclic) bond motifs is 1. The maximum Gasteiger partial charge on any atom is 0.114 e. The van der Waals surface area contributed by atoms with Crippen LogP contribution in [0.4, 0.5) is 0 Å². The summed E-state index contributed by atoms with van der Waals surface area (Å²) >= 11 is 0. The van der Waals surface area contributed by atoms with Crippen LogP contribution in [0.5, 0.6) is 0 Å². The van der Waals surface area contributed by atoms with Gasteiger partial charge in [-0.3, -0.25) is 0 Å². The van der Waals surface area contributed by atoms with Gasteiger partial charge in [-0.05, 0) is 92.8 Å². The summed E-state index contributed by atoms with van der Waals surface area (Å²) in [5.74, 6) is 1.12. The summed E-state index contributed by atoms with van der Waals surface area (Å²) in [5.41, 5.74) is 6.61. The predicted octanol–water partition coefficient (Wildman–Crippen LogP) is 8.10. The average Bonchev–Trinajstić information content (AvgIpc) is 3.13. The van der Waals surface area contributed by atoms with Crippen molar-refractivity contribution in [3.05, 3.63) is 59.3 Å². The van der Waals surface area contributed by atoms with Crippen molar-refractivity contribution in [3.8, 4) is 0 Å². The zero-order chi connectivity index (χ0) is 24.9. The number of nitrogens with zero attached hydrogens (tertiary/aromatic N) is 1. The molecule has 4 atom stereocenters. The van der Waals surface area contributed by atoms with Gasteiger partial charge in [0.05, 0.1) is 11.8 Å². The van der Waals surface area contributed by atoms with Crippen LogP contribution < -0.4 is 0 Å². The molecule has 4 unspecified atom stereocenters. The molecule has 1 N–H and O–H groups in total. The van der Waals surface area contributed by atoms with E-state index in [4.69, 9.17) is 4.84 Å². The molecule has 0 heterocycles. The zero-order valence-electron chi connectivity index (χ0n) is 22.5. The summed E-state index contributed by atoms with van der Waals surface area (Å²) in [6.07, 6.45) is 20.1. The van der Waals surface area contributed by atoms with Crippen LogP contribution in [0.25, 0.3) is 0 Å². The van der Waals surface area contributed by atoms with Gasteiger partial charge in [-0.15, -0.1) is 0 Å². The van der Waals surface area contributed by atoms with Crippen LogP contribution in [0.15, 0.2) is 64.4 Å². The van der Waals surface area contributed by atoms with Gasteiger partial charge in [0.15, 0.2) is 0 Å². The Labute approximate surface area is 208 Å². The van der Waals surface area contributed by atoms with E-state index < -0.39 is 0 Å². The van der Waals surface area contributed by atoms with E-state index in [1.807, 2.05) is 6.92 Å². The number of allylic oxidation sites excluding steroid dienone is 7. The molecular weight excluding hydrogens is 418 g/mol. The topological polar surface area (TPSA) is 41.8 Å². The van der Waals surface area contributed by atoms with Gasteiger partial charge in [-0.2, -0.15) is 0 Å². The third-order valence-corrected chi connectivity index (χ3v) is 8.20. The van der Waals surface area contributed by atoms with Crippen LogP contribution in [-0.4, -0.2) is 23.5 Å². The number of hydrogen-bond acceptors (Lipinski definition) is 3. The molecule has 188 valence electrons. The Kier molecular flexibility index (Phi) is 8.84. The quantitative estimate of drug-likeness (QED) is 0.234. The molecule has 2 saturated carbocycles. The summed E-state index contributed by atoms with van der Waals surface area (Å²) in [6.45, 7) is 18.1. The second-order valence-corrected chi connectivity index (χ2v) is 11.8. The summed E-state index contributed by atoms with van der Waals surface area (Å²) in [7, 11) is 0. The maximum atomic E-state index is 10.2. The Morgan fingerprint density at radius 3 is 2.76 bits per heavy atom. The number of aliphatic hydroxyl groups is 1. The Morgan fingerprint density at radius 2 is 2.06 bits per heavy atom. The third-order valence-electron chi connectivity index (χ3n) is 8.20. The minimum Gasteiger partial charge on any atom is -0.396 e. The molecule has 3 heteroatoms. The molecule has 0 saturated heterocycles. The molecule has 0 aromatic carbocycles. The van der Waals surface area contributed by atoms with Gasteiger partial charge in [0.25, 0.3) is 0 Å². The fraction of sp³-hybridized carbons (Fsp3) is 0.645. The van der Waals surface area contributed by atoms with Crippen LogP contribution in [0.1, 0.15) is 92.9 Å². The van der Waals surface area contributed by atoms with Crippen molar-refractivity contribution in [2.75, 3.05) is 6.61 Å².